The Labute approximate surface area is 102 Å². The summed E-state index contributed by atoms with van der Waals surface area (Å²) in [4.78, 5) is 12.0. The molecule has 0 amide bonds. The van der Waals surface area contributed by atoms with E-state index in [9.17, 15) is 5.11 Å². The predicted octanol–water partition coefficient (Wildman–Crippen LogP) is 1.91. The van der Waals surface area contributed by atoms with Crippen LogP contribution in [-0.2, 0) is 6.42 Å². The van der Waals surface area contributed by atoms with Crippen molar-refractivity contribution in [2.75, 3.05) is 0 Å². The van der Waals surface area contributed by atoms with Crippen LogP contribution in [0, 0.1) is 0 Å². The first-order valence-corrected chi connectivity index (χ1v) is 5.59. The maximum atomic E-state index is 9.90. The average Bonchev–Trinajstić information content (AvgIpc) is 2.33. The summed E-state index contributed by atoms with van der Waals surface area (Å²) < 4.78 is 0.924. The van der Waals surface area contributed by atoms with E-state index in [0.29, 0.717) is 12.1 Å². The number of nitrogens with zero attached hydrogens (tertiary/aromatic N) is 3. The molecule has 0 bridgehead atoms. The molecule has 5 heteroatoms. The molecule has 1 unspecified atom stereocenters. The second kappa shape index (κ2) is 5.14. The predicted molar refractivity (Wildman–Crippen MR) is 62.6 cm³/mol. The molecule has 4 nitrogen and oxygen atoms in total. The van der Waals surface area contributed by atoms with Crippen molar-refractivity contribution in [1.29, 1.82) is 0 Å². The van der Waals surface area contributed by atoms with Gasteiger partial charge in [0, 0.05) is 29.0 Å². The summed E-state index contributed by atoms with van der Waals surface area (Å²) in [7, 11) is 0. The Morgan fingerprint density at radius 1 is 1.25 bits per heavy atom. The number of hydrogen-bond donors (Lipinski definition) is 1. The first-order chi connectivity index (χ1) is 7.75. The molecule has 2 aromatic heterocycles. The summed E-state index contributed by atoms with van der Waals surface area (Å²) in [5, 5.41) is 9.90. The van der Waals surface area contributed by atoms with Crippen LogP contribution >= 0.6 is 15.9 Å². The van der Waals surface area contributed by atoms with Gasteiger partial charge in [0.15, 0.2) is 0 Å². The molecular weight excluding hydrogens is 270 g/mol. The van der Waals surface area contributed by atoms with Gasteiger partial charge in [0.1, 0.15) is 12.4 Å². The minimum Gasteiger partial charge on any atom is -0.386 e. The van der Waals surface area contributed by atoms with Gasteiger partial charge >= 0.3 is 0 Å². The standard InChI is InChI=1S/C11H10BrN3O/c12-8-1-2-9(14-6-8)5-11(16)10-3-4-13-7-15-10/h1-4,6-7,11,16H,5H2. The number of pyridine rings is 1. The van der Waals surface area contributed by atoms with Crippen LogP contribution in [-0.4, -0.2) is 20.1 Å². The van der Waals surface area contributed by atoms with E-state index in [0.717, 1.165) is 10.2 Å². The third kappa shape index (κ3) is 2.84. The molecule has 2 heterocycles. The zero-order valence-corrected chi connectivity index (χ0v) is 10.0. The first kappa shape index (κ1) is 11.2. The largest absolute Gasteiger partial charge is 0.386 e. The van der Waals surface area contributed by atoms with Crippen LogP contribution in [0.1, 0.15) is 17.5 Å². The maximum absolute atomic E-state index is 9.90. The van der Waals surface area contributed by atoms with Crippen molar-refractivity contribution in [2.45, 2.75) is 12.5 Å². The lowest BCUT2D eigenvalue weighted by Gasteiger charge is -2.08. The maximum Gasteiger partial charge on any atom is 0.115 e. The topological polar surface area (TPSA) is 58.9 Å². The highest BCUT2D eigenvalue weighted by atomic mass is 79.9. The normalized spacial score (nSPS) is 12.4. The third-order valence-corrected chi connectivity index (χ3v) is 2.61. The first-order valence-electron chi connectivity index (χ1n) is 4.80. The zero-order valence-electron chi connectivity index (χ0n) is 8.42. The summed E-state index contributed by atoms with van der Waals surface area (Å²) in [6.45, 7) is 0. The van der Waals surface area contributed by atoms with Gasteiger partial charge in [0.05, 0.1) is 5.69 Å². The molecule has 0 fully saturated rings. The Balaban J connectivity index is 2.08. The second-order valence-electron chi connectivity index (χ2n) is 3.32. The van der Waals surface area contributed by atoms with Crippen molar-refractivity contribution < 1.29 is 5.11 Å². The molecule has 0 aliphatic heterocycles. The van der Waals surface area contributed by atoms with Gasteiger partial charge in [0.25, 0.3) is 0 Å². The van der Waals surface area contributed by atoms with E-state index in [1.54, 1.807) is 18.5 Å². The minimum absolute atomic E-state index is 0.449. The molecule has 2 aromatic rings. The number of aliphatic hydroxyl groups excluding tert-OH is 1. The fourth-order valence-electron chi connectivity index (χ4n) is 1.33. The fraction of sp³-hybridized carbons (Fsp3) is 0.182. The van der Waals surface area contributed by atoms with Crippen LogP contribution in [0.15, 0.2) is 41.4 Å². The number of halogens is 1. The summed E-state index contributed by atoms with van der Waals surface area (Å²) in [5.41, 5.74) is 1.44. The molecule has 0 aromatic carbocycles. The van der Waals surface area contributed by atoms with Gasteiger partial charge in [-0.05, 0) is 34.1 Å². The average molecular weight is 280 g/mol. The molecule has 0 saturated heterocycles. The Hall–Kier alpha value is -1.33. The zero-order chi connectivity index (χ0) is 11.4. The number of aromatic nitrogens is 3. The van der Waals surface area contributed by atoms with Crippen molar-refractivity contribution in [2.24, 2.45) is 0 Å². The van der Waals surface area contributed by atoms with Crippen molar-refractivity contribution in [3.05, 3.63) is 52.8 Å². The van der Waals surface area contributed by atoms with E-state index in [2.05, 4.69) is 30.9 Å². The van der Waals surface area contributed by atoms with Crippen LogP contribution in [0.25, 0.3) is 0 Å². The van der Waals surface area contributed by atoms with Crippen LogP contribution in [0.5, 0.6) is 0 Å². The lowest BCUT2D eigenvalue weighted by Crippen LogP contribution is -2.05. The van der Waals surface area contributed by atoms with Gasteiger partial charge < -0.3 is 5.11 Å². The molecule has 1 N–H and O–H groups in total. The highest BCUT2D eigenvalue weighted by molar-refractivity contribution is 9.10. The lowest BCUT2D eigenvalue weighted by atomic mass is 10.1. The van der Waals surface area contributed by atoms with E-state index in [-0.39, 0.29) is 0 Å². The summed E-state index contributed by atoms with van der Waals surface area (Å²) >= 11 is 3.31. The van der Waals surface area contributed by atoms with Crippen LogP contribution in [0.4, 0.5) is 0 Å². The summed E-state index contributed by atoms with van der Waals surface area (Å²) in [5.74, 6) is 0. The molecule has 0 spiro atoms. The number of hydrogen-bond acceptors (Lipinski definition) is 4. The fourth-order valence-corrected chi connectivity index (χ4v) is 1.56. The molecule has 82 valence electrons. The van der Waals surface area contributed by atoms with Crippen LogP contribution in [0.3, 0.4) is 0 Å². The minimum atomic E-state index is -0.642. The highest BCUT2D eigenvalue weighted by Gasteiger charge is 2.10. The number of aliphatic hydroxyl groups is 1. The van der Waals surface area contributed by atoms with Gasteiger partial charge in [-0.2, -0.15) is 0 Å². The Morgan fingerprint density at radius 3 is 2.75 bits per heavy atom. The molecule has 0 aliphatic rings. The van der Waals surface area contributed by atoms with Crippen LogP contribution < -0.4 is 0 Å². The molecule has 0 saturated carbocycles. The summed E-state index contributed by atoms with van der Waals surface area (Å²) in [6.07, 6.45) is 4.55. The van der Waals surface area contributed by atoms with Gasteiger partial charge in [0.2, 0.25) is 0 Å². The number of rotatable bonds is 3. The molecule has 0 radical (unpaired) electrons. The molecule has 16 heavy (non-hydrogen) atoms. The van der Waals surface area contributed by atoms with Crippen LogP contribution in [0.2, 0.25) is 0 Å². The molecule has 0 aliphatic carbocycles. The Morgan fingerprint density at radius 2 is 2.12 bits per heavy atom. The third-order valence-electron chi connectivity index (χ3n) is 2.14. The Kier molecular flexibility index (Phi) is 3.58. The Bertz CT molecular complexity index is 447. The van der Waals surface area contributed by atoms with Gasteiger partial charge in [-0.1, -0.05) is 0 Å². The molecule has 1 atom stereocenters. The smallest absolute Gasteiger partial charge is 0.115 e. The van der Waals surface area contributed by atoms with E-state index in [1.165, 1.54) is 6.33 Å². The van der Waals surface area contributed by atoms with Crippen molar-refractivity contribution in [3.63, 3.8) is 0 Å². The summed E-state index contributed by atoms with van der Waals surface area (Å²) in [6, 6.07) is 5.47. The van der Waals surface area contributed by atoms with E-state index < -0.39 is 6.10 Å². The molecular formula is C11H10BrN3O. The quantitative estimate of drug-likeness (QED) is 0.933. The van der Waals surface area contributed by atoms with E-state index in [1.807, 2.05) is 12.1 Å². The molecule has 2 rings (SSSR count). The van der Waals surface area contributed by atoms with Crippen molar-refractivity contribution >= 4 is 15.9 Å². The van der Waals surface area contributed by atoms with Gasteiger partial charge in [-0.3, -0.25) is 4.98 Å². The van der Waals surface area contributed by atoms with E-state index in [4.69, 9.17) is 0 Å². The SMILES string of the molecule is OC(Cc1ccc(Br)cn1)c1ccncn1. The monoisotopic (exact) mass is 279 g/mol. The second-order valence-corrected chi connectivity index (χ2v) is 4.24. The van der Waals surface area contributed by atoms with E-state index >= 15 is 0 Å². The highest BCUT2D eigenvalue weighted by Crippen LogP contribution is 2.15. The van der Waals surface area contributed by atoms with Gasteiger partial charge in [-0.25, -0.2) is 9.97 Å². The van der Waals surface area contributed by atoms with Crippen molar-refractivity contribution in [3.8, 4) is 0 Å². The van der Waals surface area contributed by atoms with Crippen molar-refractivity contribution in [1.82, 2.24) is 15.0 Å². The van der Waals surface area contributed by atoms with Gasteiger partial charge in [-0.15, -0.1) is 0 Å². The lowest BCUT2D eigenvalue weighted by molar-refractivity contribution is 0.172.